The Morgan fingerprint density at radius 3 is 2.41 bits per heavy atom. The van der Waals surface area contributed by atoms with Gasteiger partial charge < -0.3 is 15.7 Å². The molecule has 0 aliphatic heterocycles. The number of amides is 1. The number of aliphatic hydroxyl groups excluding tert-OH is 1. The number of hydrogen-bond acceptors (Lipinski definition) is 4. The van der Waals surface area contributed by atoms with Crippen molar-refractivity contribution in [2.75, 3.05) is 7.05 Å². The van der Waals surface area contributed by atoms with Gasteiger partial charge in [0.15, 0.2) is 5.78 Å². The van der Waals surface area contributed by atoms with E-state index < -0.39 is 12.1 Å². The molecular formula is C12H22N2O3. The standard InChI is InChI=1S/C12H22N2O3/c1-5-11(16)9(3)14-12(17)10(13-4)7-6-8(2)15/h9-10,13,15H,2,5-7H2,1,3-4H3,(H,14,17)/t9-,10+/m0/s1. The average Bonchev–Trinajstić information content (AvgIpc) is 2.28. The molecule has 0 aromatic carbocycles. The molecule has 5 heteroatoms. The summed E-state index contributed by atoms with van der Waals surface area (Å²) < 4.78 is 0. The van der Waals surface area contributed by atoms with Crippen molar-refractivity contribution < 1.29 is 14.7 Å². The van der Waals surface area contributed by atoms with Crippen molar-refractivity contribution in [3.8, 4) is 0 Å². The minimum Gasteiger partial charge on any atom is -0.513 e. The number of allylic oxidation sites excluding steroid dienone is 1. The molecule has 3 N–H and O–H groups in total. The first-order chi connectivity index (χ1) is 7.92. The molecule has 0 aliphatic carbocycles. The van der Waals surface area contributed by atoms with E-state index in [1.165, 1.54) is 0 Å². The van der Waals surface area contributed by atoms with Crippen molar-refractivity contribution in [1.82, 2.24) is 10.6 Å². The van der Waals surface area contributed by atoms with E-state index in [-0.39, 0.29) is 17.4 Å². The number of nitrogens with one attached hydrogen (secondary N) is 2. The Labute approximate surface area is 102 Å². The van der Waals surface area contributed by atoms with Crippen LogP contribution in [0.2, 0.25) is 0 Å². The number of hydrogen-bond donors (Lipinski definition) is 3. The van der Waals surface area contributed by atoms with Gasteiger partial charge in [-0.2, -0.15) is 0 Å². The van der Waals surface area contributed by atoms with Crippen LogP contribution in [0.4, 0.5) is 0 Å². The van der Waals surface area contributed by atoms with E-state index in [2.05, 4.69) is 17.2 Å². The van der Waals surface area contributed by atoms with Gasteiger partial charge in [0.05, 0.1) is 17.8 Å². The van der Waals surface area contributed by atoms with Crippen LogP contribution in [0.5, 0.6) is 0 Å². The molecule has 0 heterocycles. The smallest absolute Gasteiger partial charge is 0.237 e. The Morgan fingerprint density at radius 2 is 2.00 bits per heavy atom. The van der Waals surface area contributed by atoms with Crippen molar-refractivity contribution in [1.29, 1.82) is 0 Å². The van der Waals surface area contributed by atoms with E-state index in [9.17, 15) is 9.59 Å². The van der Waals surface area contributed by atoms with Crippen LogP contribution in [0, 0.1) is 0 Å². The van der Waals surface area contributed by atoms with Crippen LogP contribution in [-0.4, -0.2) is 35.9 Å². The Hall–Kier alpha value is -1.36. The molecule has 0 radical (unpaired) electrons. The molecule has 0 aromatic heterocycles. The van der Waals surface area contributed by atoms with Crippen LogP contribution in [0.25, 0.3) is 0 Å². The topological polar surface area (TPSA) is 78.4 Å². The van der Waals surface area contributed by atoms with Gasteiger partial charge in [0.1, 0.15) is 0 Å². The summed E-state index contributed by atoms with van der Waals surface area (Å²) >= 11 is 0. The Kier molecular flexibility index (Phi) is 7.21. The SMILES string of the molecule is C=C(O)CC[C@@H](NC)C(=O)N[C@@H](C)C(=O)CC. The molecule has 0 spiro atoms. The van der Waals surface area contributed by atoms with Crippen molar-refractivity contribution >= 4 is 11.7 Å². The highest BCUT2D eigenvalue weighted by Crippen LogP contribution is 2.03. The van der Waals surface area contributed by atoms with Gasteiger partial charge in [0, 0.05) is 12.8 Å². The first-order valence-corrected chi connectivity index (χ1v) is 5.79. The van der Waals surface area contributed by atoms with Crippen LogP contribution < -0.4 is 10.6 Å². The molecule has 17 heavy (non-hydrogen) atoms. The number of carbonyl (C=O) groups is 2. The van der Waals surface area contributed by atoms with Crippen LogP contribution in [0.3, 0.4) is 0 Å². The van der Waals surface area contributed by atoms with Crippen molar-refractivity contribution in [3.63, 3.8) is 0 Å². The van der Waals surface area contributed by atoms with Crippen molar-refractivity contribution in [2.45, 2.75) is 45.2 Å². The molecule has 0 saturated carbocycles. The van der Waals surface area contributed by atoms with Gasteiger partial charge in [-0.3, -0.25) is 9.59 Å². The zero-order chi connectivity index (χ0) is 13.4. The van der Waals surface area contributed by atoms with E-state index in [1.54, 1.807) is 20.9 Å². The molecule has 2 atom stereocenters. The maximum absolute atomic E-state index is 11.8. The average molecular weight is 242 g/mol. The number of carbonyl (C=O) groups excluding carboxylic acids is 2. The normalized spacial score (nSPS) is 13.8. The van der Waals surface area contributed by atoms with Gasteiger partial charge in [-0.1, -0.05) is 13.5 Å². The summed E-state index contributed by atoms with van der Waals surface area (Å²) in [6.45, 7) is 6.79. The maximum Gasteiger partial charge on any atom is 0.237 e. The lowest BCUT2D eigenvalue weighted by molar-refractivity contribution is -0.128. The fourth-order valence-electron chi connectivity index (χ4n) is 1.42. The van der Waals surface area contributed by atoms with Gasteiger partial charge in [0.25, 0.3) is 0 Å². The first kappa shape index (κ1) is 15.6. The third kappa shape index (κ3) is 6.06. The van der Waals surface area contributed by atoms with Gasteiger partial charge in [0.2, 0.25) is 5.91 Å². The highest BCUT2D eigenvalue weighted by Gasteiger charge is 2.20. The predicted molar refractivity (Wildman–Crippen MR) is 66.8 cm³/mol. The van der Waals surface area contributed by atoms with E-state index >= 15 is 0 Å². The predicted octanol–water partition coefficient (Wildman–Crippen LogP) is 0.910. The summed E-state index contributed by atoms with van der Waals surface area (Å²) in [6.07, 6.45) is 1.21. The molecular weight excluding hydrogens is 220 g/mol. The Bertz CT molecular complexity index is 289. The molecule has 0 unspecified atom stereocenters. The molecule has 0 rings (SSSR count). The number of likely N-dealkylation sites (N-methyl/N-ethyl adjacent to an activating group) is 1. The summed E-state index contributed by atoms with van der Waals surface area (Å²) in [5.41, 5.74) is 0. The zero-order valence-corrected chi connectivity index (χ0v) is 10.7. The number of aliphatic hydroxyl groups is 1. The summed E-state index contributed by atoms with van der Waals surface area (Å²) in [5, 5.41) is 14.5. The van der Waals surface area contributed by atoms with Gasteiger partial charge in [-0.05, 0) is 20.4 Å². The van der Waals surface area contributed by atoms with E-state index in [0.717, 1.165) is 0 Å². The highest BCUT2D eigenvalue weighted by atomic mass is 16.3. The minimum absolute atomic E-state index is 0.000212. The number of rotatable bonds is 8. The second-order valence-electron chi connectivity index (χ2n) is 4.00. The lowest BCUT2D eigenvalue weighted by atomic mass is 10.1. The number of ketones is 1. The maximum atomic E-state index is 11.8. The van der Waals surface area contributed by atoms with E-state index in [4.69, 9.17) is 5.11 Å². The Morgan fingerprint density at radius 1 is 1.41 bits per heavy atom. The second kappa shape index (κ2) is 7.84. The van der Waals surface area contributed by atoms with Crippen molar-refractivity contribution in [3.05, 3.63) is 12.3 Å². The minimum atomic E-state index is -0.472. The lowest BCUT2D eigenvalue weighted by Crippen LogP contribution is -2.48. The molecule has 0 saturated heterocycles. The molecule has 1 amide bonds. The third-order valence-corrected chi connectivity index (χ3v) is 2.58. The molecule has 0 bridgehead atoms. The lowest BCUT2D eigenvalue weighted by Gasteiger charge is -2.18. The highest BCUT2D eigenvalue weighted by molar-refractivity contribution is 5.90. The first-order valence-electron chi connectivity index (χ1n) is 5.79. The fraction of sp³-hybridized carbons (Fsp3) is 0.667. The summed E-state index contributed by atoms with van der Waals surface area (Å²) in [6, 6.07) is -0.897. The van der Waals surface area contributed by atoms with Crippen LogP contribution in [0.15, 0.2) is 12.3 Å². The van der Waals surface area contributed by atoms with E-state index in [0.29, 0.717) is 19.3 Å². The zero-order valence-electron chi connectivity index (χ0n) is 10.7. The molecule has 0 aromatic rings. The monoisotopic (exact) mass is 242 g/mol. The van der Waals surface area contributed by atoms with E-state index in [1.807, 2.05) is 0 Å². The third-order valence-electron chi connectivity index (χ3n) is 2.58. The van der Waals surface area contributed by atoms with Gasteiger partial charge in [-0.15, -0.1) is 0 Å². The second-order valence-corrected chi connectivity index (χ2v) is 4.00. The van der Waals surface area contributed by atoms with Crippen LogP contribution in [0.1, 0.15) is 33.1 Å². The van der Waals surface area contributed by atoms with Crippen molar-refractivity contribution in [2.24, 2.45) is 0 Å². The van der Waals surface area contributed by atoms with Gasteiger partial charge in [-0.25, -0.2) is 0 Å². The molecule has 0 fully saturated rings. The molecule has 5 nitrogen and oxygen atoms in total. The summed E-state index contributed by atoms with van der Waals surface area (Å²) in [7, 11) is 1.66. The largest absolute Gasteiger partial charge is 0.513 e. The summed E-state index contributed by atoms with van der Waals surface area (Å²) in [5.74, 6) is -0.182. The summed E-state index contributed by atoms with van der Waals surface area (Å²) in [4.78, 5) is 23.1. The Balaban J connectivity index is 4.25. The fourth-order valence-corrected chi connectivity index (χ4v) is 1.42. The quantitative estimate of drug-likeness (QED) is 0.553. The van der Waals surface area contributed by atoms with Crippen LogP contribution in [-0.2, 0) is 9.59 Å². The molecule has 0 aliphatic rings. The number of Topliss-reactive ketones (excluding diaryl/α,β-unsaturated/α-hetero) is 1. The molecule has 98 valence electrons. The van der Waals surface area contributed by atoms with Gasteiger partial charge >= 0.3 is 0 Å². The van der Waals surface area contributed by atoms with Crippen LogP contribution >= 0.6 is 0 Å².